The van der Waals surface area contributed by atoms with Crippen LogP contribution >= 0.6 is 11.8 Å². The molecule has 0 fully saturated rings. The number of thioether (sulfide) groups is 1. The molecule has 1 aromatic carbocycles. The average Bonchev–Trinajstić information content (AvgIpc) is 2.77. The minimum atomic E-state index is 0.614. The third-order valence-corrected chi connectivity index (χ3v) is 4.52. The summed E-state index contributed by atoms with van der Waals surface area (Å²) in [6.07, 6.45) is 2.13. The zero-order valence-corrected chi connectivity index (χ0v) is 13.1. The van der Waals surface area contributed by atoms with Crippen molar-refractivity contribution in [1.82, 2.24) is 9.88 Å². The first kappa shape index (κ1) is 14.5. The van der Waals surface area contributed by atoms with Gasteiger partial charge in [-0.2, -0.15) is 0 Å². The highest BCUT2D eigenvalue weighted by Crippen LogP contribution is 2.27. The predicted molar refractivity (Wildman–Crippen MR) is 86.0 cm³/mol. The molecule has 104 valence electrons. The zero-order valence-electron chi connectivity index (χ0n) is 12.3. The molecule has 0 aliphatic carbocycles. The number of aromatic nitrogens is 1. The number of rotatable bonds is 6. The molecular formula is C16H24N2S. The Morgan fingerprint density at radius 2 is 1.79 bits per heavy atom. The van der Waals surface area contributed by atoms with E-state index in [0.717, 1.165) is 12.3 Å². The third-order valence-electron chi connectivity index (χ3n) is 3.48. The van der Waals surface area contributed by atoms with Crippen LogP contribution in [0.1, 0.15) is 27.7 Å². The lowest BCUT2D eigenvalue weighted by Crippen LogP contribution is -2.38. The number of aromatic amines is 1. The second-order valence-electron chi connectivity index (χ2n) is 5.47. The van der Waals surface area contributed by atoms with Crippen LogP contribution in [0.2, 0.25) is 0 Å². The summed E-state index contributed by atoms with van der Waals surface area (Å²) < 4.78 is 0. The van der Waals surface area contributed by atoms with E-state index < -0.39 is 0 Å². The van der Waals surface area contributed by atoms with Gasteiger partial charge in [0.1, 0.15) is 0 Å². The first-order valence-corrected chi connectivity index (χ1v) is 8.03. The minimum absolute atomic E-state index is 0.614. The van der Waals surface area contributed by atoms with E-state index in [4.69, 9.17) is 0 Å². The maximum absolute atomic E-state index is 3.34. The molecule has 0 saturated heterocycles. The zero-order chi connectivity index (χ0) is 13.8. The standard InChI is InChI=1S/C16H24N2S/c1-12(2)18(13(3)4)9-10-19-16-11-17-15-8-6-5-7-14(15)16/h5-8,11-13,17H,9-10H2,1-4H3. The lowest BCUT2D eigenvalue weighted by atomic mass is 10.2. The van der Waals surface area contributed by atoms with E-state index in [0.29, 0.717) is 12.1 Å². The van der Waals surface area contributed by atoms with Crippen LogP contribution in [0.3, 0.4) is 0 Å². The highest BCUT2D eigenvalue weighted by molar-refractivity contribution is 7.99. The Labute approximate surface area is 120 Å². The van der Waals surface area contributed by atoms with Gasteiger partial charge in [0.05, 0.1) is 0 Å². The molecule has 1 aromatic heterocycles. The van der Waals surface area contributed by atoms with Gasteiger partial charge in [0.2, 0.25) is 0 Å². The molecule has 3 heteroatoms. The number of nitrogens with zero attached hydrogens (tertiary/aromatic N) is 1. The van der Waals surface area contributed by atoms with Gasteiger partial charge in [0.15, 0.2) is 0 Å². The first-order chi connectivity index (χ1) is 9.09. The summed E-state index contributed by atoms with van der Waals surface area (Å²) in [5.74, 6) is 1.14. The molecule has 2 nitrogen and oxygen atoms in total. The van der Waals surface area contributed by atoms with Crippen LogP contribution < -0.4 is 0 Å². The maximum Gasteiger partial charge on any atom is 0.0465 e. The molecule has 0 amide bonds. The number of hydrogen-bond donors (Lipinski definition) is 1. The molecule has 1 heterocycles. The quantitative estimate of drug-likeness (QED) is 0.790. The number of nitrogens with one attached hydrogen (secondary N) is 1. The Morgan fingerprint density at radius 3 is 2.47 bits per heavy atom. The highest BCUT2D eigenvalue weighted by Gasteiger charge is 2.13. The van der Waals surface area contributed by atoms with Crippen molar-refractivity contribution in [2.75, 3.05) is 12.3 Å². The van der Waals surface area contributed by atoms with Crippen LogP contribution in [0.15, 0.2) is 35.4 Å². The summed E-state index contributed by atoms with van der Waals surface area (Å²) >= 11 is 1.95. The fourth-order valence-electron chi connectivity index (χ4n) is 2.54. The number of hydrogen-bond acceptors (Lipinski definition) is 2. The number of para-hydroxylation sites is 1. The summed E-state index contributed by atoms with van der Waals surface area (Å²) in [5.41, 5.74) is 1.23. The fraction of sp³-hybridized carbons (Fsp3) is 0.500. The van der Waals surface area contributed by atoms with Gasteiger partial charge >= 0.3 is 0 Å². The maximum atomic E-state index is 3.34. The molecule has 0 spiro atoms. The van der Waals surface area contributed by atoms with Crippen molar-refractivity contribution < 1.29 is 0 Å². The van der Waals surface area contributed by atoms with Crippen LogP contribution in [0.25, 0.3) is 10.9 Å². The van der Waals surface area contributed by atoms with E-state index >= 15 is 0 Å². The molecule has 0 radical (unpaired) electrons. The first-order valence-electron chi connectivity index (χ1n) is 7.04. The van der Waals surface area contributed by atoms with E-state index in [-0.39, 0.29) is 0 Å². The normalized spacial score (nSPS) is 12.2. The van der Waals surface area contributed by atoms with E-state index in [2.05, 4.69) is 68.0 Å². The van der Waals surface area contributed by atoms with Crippen LogP contribution in [-0.2, 0) is 0 Å². The molecule has 0 saturated carbocycles. The second-order valence-corrected chi connectivity index (χ2v) is 6.61. The molecule has 1 N–H and O–H groups in total. The van der Waals surface area contributed by atoms with E-state index in [1.807, 2.05) is 11.8 Å². The van der Waals surface area contributed by atoms with Crippen LogP contribution in [0.5, 0.6) is 0 Å². The van der Waals surface area contributed by atoms with Crippen molar-refractivity contribution in [2.45, 2.75) is 44.7 Å². The monoisotopic (exact) mass is 276 g/mol. The SMILES string of the molecule is CC(C)N(CCSc1c[nH]c2ccccc12)C(C)C. The second kappa shape index (κ2) is 6.49. The van der Waals surface area contributed by atoms with Gasteiger partial charge < -0.3 is 4.98 Å². The van der Waals surface area contributed by atoms with Crippen LogP contribution in [0.4, 0.5) is 0 Å². The van der Waals surface area contributed by atoms with Gasteiger partial charge in [-0.25, -0.2) is 0 Å². The number of fused-ring (bicyclic) bond motifs is 1. The van der Waals surface area contributed by atoms with Crippen molar-refractivity contribution in [3.63, 3.8) is 0 Å². The van der Waals surface area contributed by atoms with Crippen molar-refractivity contribution >= 4 is 22.7 Å². The Kier molecular flexibility index (Phi) is 4.94. The van der Waals surface area contributed by atoms with E-state index in [1.54, 1.807) is 0 Å². The van der Waals surface area contributed by atoms with Crippen molar-refractivity contribution in [3.8, 4) is 0 Å². The van der Waals surface area contributed by atoms with Crippen molar-refractivity contribution in [2.24, 2.45) is 0 Å². The van der Waals surface area contributed by atoms with Gasteiger partial charge in [-0.1, -0.05) is 18.2 Å². The van der Waals surface area contributed by atoms with Gasteiger partial charge in [0.25, 0.3) is 0 Å². The third kappa shape index (κ3) is 3.54. The van der Waals surface area contributed by atoms with Gasteiger partial charge in [0, 0.05) is 46.4 Å². The molecule has 0 atom stereocenters. The van der Waals surface area contributed by atoms with Crippen LogP contribution in [-0.4, -0.2) is 34.3 Å². The van der Waals surface area contributed by atoms with Crippen molar-refractivity contribution in [3.05, 3.63) is 30.5 Å². The molecule has 0 bridgehead atoms. The Hall–Kier alpha value is -0.930. The molecular weight excluding hydrogens is 252 g/mol. The van der Waals surface area contributed by atoms with E-state index in [1.165, 1.54) is 15.8 Å². The summed E-state index contributed by atoms with van der Waals surface area (Å²) in [6, 6.07) is 9.73. The Morgan fingerprint density at radius 1 is 1.11 bits per heavy atom. The van der Waals surface area contributed by atoms with Gasteiger partial charge in [-0.15, -0.1) is 11.8 Å². The Bertz CT molecular complexity index is 508. The van der Waals surface area contributed by atoms with Gasteiger partial charge in [-0.3, -0.25) is 4.90 Å². The van der Waals surface area contributed by atoms with E-state index in [9.17, 15) is 0 Å². The molecule has 0 aliphatic heterocycles. The molecule has 2 aromatic rings. The molecule has 2 rings (SSSR count). The lowest BCUT2D eigenvalue weighted by Gasteiger charge is -2.30. The molecule has 0 unspecified atom stereocenters. The molecule has 0 aliphatic rings. The Balaban J connectivity index is 1.95. The average molecular weight is 276 g/mol. The number of H-pyrrole nitrogens is 1. The highest BCUT2D eigenvalue weighted by atomic mass is 32.2. The largest absolute Gasteiger partial charge is 0.360 e. The summed E-state index contributed by atoms with van der Waals surface area (Å²) in [7, 11) is 0. The number of benzene rings is 1. The van der Waals surface area contributed by atoms with Crippen molar-refractivity contribution in [1.29, 1.82) is 0 Å². The lowest BCUT2D eigenvalue weighted by molar-refractivity contribution is 0.187. The van der Waals surface area contributed by atoms with Crippen LogP contribution in [0, 0.1) is 0 Å². The summed E-state index contributed by atoms with van der Waals surface area (Å²) in [4.78, 5) is 7.24. The minimum Gasteiger partial charge on any atom is -0.360 e. The summed E-state index contributed by atoms with van der Waals surface area (Å²) in [5, 5.41) is 1.34. The fourth-order valence-corrected chi connectivity index (χ4v) is 3.54. The predicted octanol–water partition coefficient (Wildman–Crippen LogP) is 4.38. The summed E-state index contributed by atoms with van der Waals surface area (Å²) in [6.45, 7) is 10.2. The topological polar surface area (TPSA) is 19.0 Å². The molecule has 19 heavy (non-hydrogen) atoms. The smallest absolute Gasteiger partial charge is 0.0465 e. The van der Waals surface area contributed by atoms with Gasteiger partial charge in [-0.05, 0) is 33.8 Å².